The van der Waals surface area contributed by atoms with E-state index in [9.17, 15) is 0 Å². The number of rotatable bonds is 3. The van der Waals surface area contributed by atoms with E-state index in [2.05, 4.69) is 22.2 Å². The van der Waals surface area contributed by atoms with E-state index in [-0.39, 0.29) is 0 Å². The second-order valence-electron chi connectivity index (χ2n) is 5.04. The number of oxazole rings is 1. The lowest BCUT2D eigenvalue weighted by Crippen LogP contribution is -2.19. The predicted molar refractivity (Wildman–Crippen MR) is 72.5 cm³/mol. The average Bonchev–Trinajstić information content (AvgIpc) is 2.92. The SMILES string of the molecule is CN1CCC(CNc2nc3ccc(N)cc3o2)C1. The molecule has 0 spiro atoms. The second kappa shape index (κ2) is 4.49. The molecule has 1 unspecified atom stereocenters. The fraction of sp³-hybridized carbons (Fsp3) is 0.462. The van der Waals surface area contributed by atoms with Crippen LogP contribution in [0.15, 0.2) is 22.6 Å². The van der Waals surface area contributed by atoms with Gasteiger partial charge in [0.25, 0.3) is 6.01 Å². The maximum absolute atomic E-state index is 5.71. The highest BCUT2D eigenvalue weighted by Gasteiger charge is 2.19. The van der Waals surface area contributed by atoms with E-state index >= 15 is 0 Å². The van der Waals surface area contributed by atoms with Crippen LogP contribution < -0.4 is 11.1 Å². The molecule has 0 radical (unpaired) electrons. The molecule has 5 nitrogen and oxygen atoms in total. The van der Waals surface area contributed by atoms with Crippen molar-refractivity contribution in [1.29, 1.82) is 0 Å². The lowest BCUT2D eigenvalue weighted by molar-refractivity contribution is 0.398. The second-order valence-corrected chi connectivity index (χ2v) is 5.04. The van der Waals surface area contributed by atoms with Crippen LogP contribution in [0.25, 0.3) is 11.1 Å². The fourth-order valence-electron chi connectivity index (χ4n) is 2.44. The van der Waals surface area contributed by atoms with Crippen LogP contribution in [-0.4, -0.2) is 36.6 Å². The molecule has 3 rings (SSSR count). The number of nitrogens with one attached hydrogen (secondary N) is 1. The molecule has 1 aliphatic rings. The van der Waals surface area contributed by atoms with Gasteiger partial charge in [-0.1, -0.05) is 0 Å². The lowest BCUT2D eigenvalue weighted by atomic mass is 10.1. The molecule has 2 heterocycles. The van der Waals surface area contributed by atoms with Gasteiger partial charge in [-0.25, -0.2) is 0 Å². The summed E-state index contributed by atoms with van der Waals surface area (Å²) in [5, 5.41) is 3.27. The normalized spacial score (nSPS) is 20.6. The van der Waals surface area contributed by atoms with E-state index in [1.165, 1.54) is 13.0 Å². The molecule has 0 amide bonds. The van der Waals surface area contributed by atoms with Crippen molar-refractivity contribution in [3.8, 4) is 0 Å². The van der Waals surface area contributed by atoms with E-state index < -0.39 is 0 Å². The topological polar surface area (TPSA) is 67.3 Å². The van der Waals surface area contributed by atoms with Crippen LogP contribution in [-0.2, 0) is 0 Å². The van der Waals surface area contributed by atoms with Crippen molar-refractivity contribution >= 4 is 22.8 Å². The number of benzene rings is 1. The average molecular weight is 246 g/mol. The number of hydrogen-bond donors (Lipinski definition) is 2. The molecule has 0 saturated carbocycles. The number of nitrogen functional groups attached to an aromatic ring is 1. The number of fused-ring (bicyclic) bond motifs is 1. The molecule has 5 heteroatoms. The van der Waals surface area contributed by atoms with E-state index in [0.29, 0.717) is 17.6 Å². The van der Waals surface area contributed by atoms with Crippen molar-refractivity contribution in [3.63, 3.8) is 0 Å². The third-order valence-corrected chi connectivity index (χ3v) is 3.44. The number of aromatic nitrogens is 1. The van der Waals surface area contributed by atoms with Crippen molar-refractivity contribution in [3.05, 3.63) is 18.2 Å². The van der Waals surface area contributed by atoms with Gasteiger partial charge in [0.1, 0.15) is 5.52 Å². The summed E-state index contributed by atoms with van der Waals surface area (Å²) >= 11 is 0. The summed E-state index contributed by atoms with van der Waals surface area (Å²) in [5.74, 6) is 0.676. The maximum atomic E-state index is 5.71. The van der Waals surface area contributed by atoms with Crippen molar-refractivity contribution < 1.29 is 4.42 Å². The first-order valence-corrected chi connectivity index (χ1v) is 6.29. The van der Waals surface area contributed by atoms with E-state index in [0.717, 1.165) is 24.2 Å². The third kappa shape index (κ3) is 2.26. The zero-order chi connectivity index (χ0) is 12.5. The van der Waals surface area contributed by atoms with E-state index in [1.807, 2.05) is 12.1 Å². The van der Waals surface area contributed by atoms with Gasteiger partial charge in [0.15, 0.2) is 5.58 Å². The molecule has 1 aromatic heterocycles. The Morgan fingerprint density at radius 2 is 2.44 bits per heavy atom. The maximum Gasteiger partial charge on any atom is 0.295 e. The van der Waals surface area contributed by atoms with Gasteiger partial charge in [-0.3, -0.25) is 0 Å². The Balaban J connectivity index is 1.67. The van der Waals surface area contributed by atoms with Gasteiger partial charge in [-0.05, 0) is 38.1 Å². The van der Waals surface area contributed by atoms with Gasteiger partial charge in [-0.15, -0.1) is 0 Å². The Labute approximate surface area is 106 Å². The van der Waals surface area contributed by atoms with E-state index in [4.69, 9.17) is 10.2 Å². The molecular weight excluding hydrogens is 228 g/mol. The van der Waals surface area contributed by atoms with Crippen LogP contribution in [0.2, 0.25) is 0 Å². The molecule has 1 aromatic carbocycles. The summed E-state index contributed by atoms with van der Waals surface area (Å²) < 4.78 is 5.62. The summed E-state index contributed by atoms with van der Waals surface area (Å²) in [6.07, 6.45) is 1.23. The van der Waals surface area contributed by atoms with Gasteiger partial charge in [0.2, 0.25) is 0 Å². The standard InChI is InChI=1S/C13H18N4O/c1-17-5-4-9(8-17)7-15-13-16-11-3-2-10(14)6-12(11)18-13/h2-3,6,9H,4-5,7-8,14H2,1H3,(H,15,16). The van der Waals surface area contributed by atoms with Crippen molar-refractivity contribution in [2.75, 3.05) is 37.7 Å². The fourth-order valence-corrected chi connectivity index (χ4v) is 2.44. The largest absolute Gasteiger partial charge is 0.423 e. The summed E-state index contributed by atoms with van der Waals surface area (Å²) in [6.45, 7) is 3.23. The van der Waals surface area contributed by atoms with Crippen LogP contribution in [0.3, 0.4) is 0 Å². The van der Waals surface area contributed by atoms with Crippen LogP contribution in [0.1, 0.15) is 6.42 Å². The highest BCUT2D eigenvalue weighted by Crippen LogP contribution is 2.22. The number of hydrogen-bond acceptors (Lipinski definition) is 5. The molecule has 18 heavy (non-hydrogen) atoms. The minimum absolute atomic E-state index is 0.588. The smallest absolute Gasteiger partial charge is 0.295 e. The van der Waals surface area contributed by atoms with Crippen molar-refractivity contribution in [2.45, 2.75) is 6.42 Å². The van der Waals surface area contributed by atoms with Gasteiger partial charge in [0, 0.05) is 24.8 Å². The zero-order valence-electron chi connectivity index (χ0n) is 10.5. The highest BCUT2D eigenvalue weighted by molar-refractivity contribution is 5.78. The Morgan fingerprint density at radius 3 is 3.22 bits per heavy atom. The van der Waals surface area contributed by atoms with Crippen LogP contribution in [0.5, 0.6) is 0 Å². The zero-order valence-corrected chi connectivity index (χ0v) is 10.5. The summed E-state index contributed by atoms with van der Waals surface area (Å²) in [4.78, 5) is 6.73. The summed E-state index contributed by atoms with van der Waals surface area (Å²) in [5.41, 5.74) is 7.98. The quantitative estimate of drug-likeness (QED) is 0.808. The molecule has 3 N–H and O–H groups in total. The molecule has 96 valence electrons. The minimum atomic E-state index is 0.588. The highest BCUT2D eigenvalue weighted by atomic mass is 16.4. The Morgan fingerprint density at radius 1 is 1.56 bits per heavy atom. The van der Waals surface area contributed by atoms with Gasteiger partial charge in [-0.2, -0.15) is 4.98 Å². The monoisotopic (exact) mass is 246 g/mol. The molecule has 1 atom stereocenters. The molecule has 2 aromatic rings. The first kappa shape index (κ1) is 11.3. The van der Waals surface area contributed by atoms with Crippen LogP contribution >= 0.6 is 0 Å². The van der Waals surface area contributed by atoms with Crippen LogP contribution in [0.4, 0.5) is 11.7 Å². The van der Waals surface area contributed by atoms with Crippen molar-refractivity contribution in [2.24, 2.45) is 5.92 Å². The van der Waals surface area contributed by atoms with Crippen LogP contribution in [0, 0.1) is 5.92 Å². The minimum Gasteiger partial charge on any atom is -0.423 e. The molecular formula is C13H18N4O. The Bertz CT molecular complexity index is 551. The molecule has 1 fully saturated rings. The molecule has 0 aliphatic carbocycles. The first-order valence-electron chi connectivity index (χ1n) is 6.29. The predicted octanol–water partition coefficient (Wildman–Crippen LogP) is 1.77. The third-order valence-electron chi connectivity index (χ3n) is 3.44. The van der Waals surface area contributed by atoms with Crippen molar-refractivity contribution in [1.82, 2.24) is 9.88 Å². The Hall–Kier alpha value is -1.75. The summed E-state index contributed by atoms with van der Waals surface area (Å²) in [7, 11) is 2.15. The van der Waals surface area contributed by atoms with Gasteiger partial charge in [0.05, 0.1) is 0 Å². The van der Waals surface area contributed by atoms with Gasteiger partial charge < -0.3 is 20.4 Å². The lowest BCUT2D eigenvalue weighted by Gasteiger charge is -2.09. The number of nitrogens with two attached hydrogens (primary N) is 1. The molecule has 1 aliphatic heterocycles. The molecule has 1 saturated heterocycles. The molecule has 0 bridgehead atoms. The van der Waals surface area contributed by atoms with E-state index in [1.54, 1.807) is 6.07 Å². The Kier molecular flexibility index (Phi) is 2.83. The number of likely N-dealkylation sites (tertiary alicyclic amines) is 1. The summed E-state index contributed by atoms with van der Waals surface area (Å²) in [6, 6.07) is 6.10. The van der Waals surface area contributed by atoms with Gasteiger partial charge >= 0.3 is 0 Å². The number of anilines is 2. The first-order chi connectivity index (χ1) is 8.70. The number of nitrogens with zero attached hydrogens (tertiary/aromatic N) is 2.